The molecule has 1 aromatic carbocycles. The predicted octanol–water partition coefficient (Wildman–Crippen LogP) is 3.27. The largest absolute Gasteiger partial charge is 0.354 e. The number of benzene rings is 1. The van der Waals surface area contributed by atoms with Crippen LogP contribution in [-0.4, -0.2) is 44.5 Å². The Kier molecular flexibility index (Phi) is 12.1. The molecule has 3 unspecified atom stereocenters. The Labute approximate surface area is 164 Å². The van der Waals surface area contributed by atoms with Gasteiger partial charge in [-0.1, -0.05) is 37.3 Å². The van der Waals surface area contributed by atoms with Gasteiger partial charge in [0.1, 0.15) is 0 Å². The molecule has 1 aliphatic heterocycles. The maximum absolute atomic E-state index is 12.3. The minimum Gasteiger partial charge on any atom is -0.354 e. The van der Waals surface area contributed by atoms with Crippen LogP contribution in [-0.2, 0) is 4.79 Å². The highest BCUT2D eigenvalue weighted by molar-refractivity contribution is 5.85. The SMILES string of the molecule is CC(CC(=O)NCC(c1ccccc1)N(C)C)C1CCCNC1.Cl.Cl. The first-order valence-electron chi connectivity index (χ1n) is 8.76. The lowest BCUT2D eigenvalue weighted by Crippen LogP contribution is -2.38. The molecular formula is C19H33Cl2N3O. The molecule has 1 aromatic rings. The standard InChI is InChI=1S/C19H31N3O.2ClH/c1-15(17-10-7-11-20-13-17)12-19(23)21-14-18(22(2)3)16-8-5-4-6-9-16;;/h4-6,8-9,15,17-18,20H,7,10-14H2,1-3H3,(H,21,23);2*1H. The Morgan fingerprint density at radius 3 is 2.52 bits per heavy atom. The summed E-state index contributed by atoms with van der Waals surface area (Å²) in [5.41, 5.74) is 1.24. The van der Waals surface area contributed by atoms with E-state index in [0.717, 1.165) is 13.1 Å². The van der Waals surface area contributed by atoms with Gasteiger partial charge in [-0.15, -0.1) is 24.8 Å². The second-order valence-corrected chi connectivity index (χ2v) is 6.98. The number of hydrogen-bond acceptors (Lipinski definition) is 3. The number of carbonyl (C=O) groups is 1. The van der Waals surface area contributed by atoms with Gasteiger partial charge in [-0.2, -0.15) is 0 Å². The molecule has 1 saturated heterocycles. The fourth-order valence-electron chi connectivity index (χ4n) is 3.38. The van der Waals surface area contributed by atoms with Crippen molar-refractivity contribution >= 4 is 30.7 Å². The Morgan fingerprint density at radius 1 is 1.28 bits per heavy atom. The molecule has 0 spiro atoms. The highest BCUT2D eigenvalue weighted by Gasteiger charge is 2.22. The number of carbonyl (C=O) groups excluding carboxylic acids is 1. The van der Waals surface area contributed by atoms with Crippen molar-refractivity contribution in [1.29, 1.82) is 0 Å². The number of amides is 1. The molecule has 0 aliphatic carbocycles. The molecule has 2 N–H and O–H groups in total. The number of piperidine rings is 1. The highest BCUT2D eigenvalue weighted by atomic mass is 35.5. The van der Waals surface area contributed by atoms with E-state index in [9.17, 15) is 4.79 Å². The van der Waals surface area contributed by atoms with Gasteiger partial charge in [-0.25, -0.2) is 0 Å². The van der Waals surface area contributed by atoms with Crippen molar-refractivity contribution < 1.29 is 4.79 Å². The fraction of sp³-hybridized carbons (Fsp3) is 0.632. The van der Waals surface area contributed by atoms with Gasteiger partial charge in [0, 0.05) is 13.0 Å². The average molecular weight is 390 g/mol. The maximum atomic E-state index is 12.3. The molecule has 3 atom stereocenters. The summed E-state index contributed by atoms with van der Waals surface area (Å²) in [6.07, 6.45) is 3.10. The molecular weight excluding hydrogens is 357 g/mol. The van der Waals surface area contributed by atoms with E-state index in [1.807, 2.05) is 18.2 Å². The first kappa shape index (κ1) is 24.2. The molecule has 1 amide bonds. The normalized spacial score (nSPS) is 19.3. The van der Waals surface area contributed by atoms with Crippen molar-refractivity contribution in [1.82, 2.24) is 15.5 Å². The van der Waals surface area contributed by atoms with Gasteiger partial charge < -0.3 is 15.5 Å². The monoisotopic (exact) mass is 389 g/mol. The molecule has 144 valence electrons. The lowest BCUT2D eigenvalue weighted by atomic mass is 9.85. The molecule has 1 heterocycles. The molecule has 4 nitrogen and oxygen atoms in total. The van der Waals surface area contributed by atoms with E-state index in [1.165, 1.54) is 18.4 Å². The van der Waals surface area contributed by atoms with Crippen LogP contribution in [0.5, 0.6) is 0 Å². The van der Waals surface area contributed by atoms with Gasteiger partial charge in [0.25, 0.3) is 0 Å². The predicted molar refractivity (Wildman–Crippen MR) is 110 cm³/mol. The van der Waals surface area contributed by atoms with Crippen LogP contribution in [0.3, 0.4) is 0 Å². The molecule has 0 radical (unpaired) electrons. The molecule has 0 aromatic heterocycles. The molecule has 1 fully saturated rings. The van der Waals surface area contributed by atoms with Crippen LogP contribution in [0.1, 0.15) is 37.8 Å². The van der Waals surface area contributed by atoms with Gasteiger partial charge >= 0.3 is 0 Å². The van der Waals surface area contributed by atoms with E-state index in [4.69, 9.17) is 0 Å². The third-order valence-electron chi connectivity index (χ3n) is 4.95. The van der Waals surface area contributed by atoms with E-state index in [1.54, 1.807) is 0 Å². The lowest BCUT2D eigenvalue weighted by Gasteiger charge is -2.29. The van der Waals surface area contributed by atoms with Gasteiger partial charge in [0.2, 0.25) is 5.91 Å². The zero-order valence-corrected chi connectivity index (χ0v) is 17.2. The smallest absolute Gasteiger partial charge is 0.220 e. The van der Waals surface area contributed by atoms with Crippen LogP contribution in [0, 0.1) is 11.8 Å². The van der Waals surface area contributed by atoms with Crippen LogP contribution in [0.2, 0.25) is 0 Å². The molecule has 2 rings (SSSR count). The molecule has 0 saturated carbocycles. The molecule has 1 aliphatic rings. The first-order valence-corrected chi connectivity index (χ1v) is 8.76. The average Bonchev–Trinajstić information content (AvgIpc) is 2.56. The van der Waals surface area contributed by atoms with E-state index < -0.39 is 0 Å². The Morgan fingerprint density at radius 2 is 1.96 bits per heavy atom. The number of rotatable bonds is 7. The summed E-state index contributed by atoms with van der Waals surface area (Å²) >= 11 is 0. The maximum Gasteiger partial charge on any atom is 0.220 e. The first-order chi connectivity index (χ1) is 11.1. The van der Waals surface area contributed by atoms with Crippen molar-refractivity contribution in [3.8, 4) is 0 Å². The quantitative estimate of drug-likeness (QED) is 0.751. The van der Waals surface area contributed by atoms with Gasteiger partial charge in [-0.05, 0) is 57.4 Å². The van der Waals surface area contributed by atoms with E-state index in [2.05, 4.69) is 48.7 Å². The highest BCUT2D eigenvalue weighted by Crippen LogP contribution is 2.22. The van der Waals surface area contributed by atoms with Crippen LogP contribution in [0.15, 0.2) is 30.3 Å². The number of nitrogens with one attached hydrogen (secondary N) is 2. The number of nitrogens with zero attached hydrogens (tertiary/aromatic N) is 1. The third kappa shape index (κ3) is 7.95. The van der Waals surface area contributed by atoms with Crippen molar-refractivity contribution in [2.24, 2.45) is 11.8 Å². The summed E-state index contributed by atoms with van der Waals surface area (Å²) in [5, 5.41) is 6.57. The summed E-state index contributed by atoms with van der Waals surface area (Å²) < 4.78 is 0. The van der Waals surface area contributed by atoms with Crippen molar-refractivity contribution in [3.63, 3.8) is 0 Å². The zero-order chi connectivity index (χ0) is 16.7. The van der Waals surface area contributed by atoms with Crippen molar-refractivity contribution in [2.75, 3.05) is 33.7 Å². The second-order valence-electron chi connectivity index (χ2n) is 6.98. The fourth-order valence-corrected chi connectivity index (χ4v) is 3.38. The van der Waals surface area contributed by atoms with Crippen LogP contribution in [0.25, 0.3) is 0 Å². The minimum absolute atomic E-state index is 0. The van der Waals surface area contributed by atoms with Gasteiger partial charge in [0.15, 0.2) is 0 Å². The van der Waals surface area contributed by atoms with E-state index in [0.29, 0.717) is 24.8 Å². The summed E-state index contributed by atoms with van der Waals surface area (Å²) in [5.74, 6) is 1.25. The Bertz CT molecular complexity index is 479. The van der Waals surface area contributed by atoms with Gasteiger partial charge in [0.05, 0.1) is 6.04 Å². The number of halogens is 2. The van der Waals surface area contributed by atoms with Crippen molar-refractivity contribution in [3.05, 3.63) is 35.9 Å². The number of hydrogen-bond donors (Lipinski definition) is 2. The summed E-state index contributed by atoms with van der Waals surface area (Å²) in [7, 11) is 4.11. The second kappa shape index (κ2) is 12.5. The van der Waals surface area contributed by atoms with Crippen LogP contribution < -0.4 is 10.6 Å². The van der Waals surface area contributed by atoms with Crippen LogP contribution >= 0.6 is 24.8 Å². The minimum atomic E-state index is 0. The molecule has 0 bridgehead atoms. The summed E-state index contributed by atoms with van der Waals surface area (Å²) in [4.78, 5) is 14.5. The topological polar surface area (TPSA) is 44.4 Å². The van der Waals surface area contributed by atoms with Crippen molar-refractivity contribution in [2.45, 2.75) is 32.2 Å². The third-order valence-corrected chi connectivity index (χ3v) is 4.95. The lowest BCUT2D eigenvalue weighted by molar-refractivity contribution is -0.122. The Balaban J connectivity index is 0.00000288. The number of likely N-dealkylation sites (N-methyl/N-ethyl adjacent to an activating group) is 1. The van der Waals surface area contributed by atoms with Gasteiger partial charge in [-0.3, -0.25) is 4.79 Å². The summed E-state index contributed by atoms with van der Waals surface area (Å²) in [6, 6.07) is 10.6. The van der Waals surface area contributed by atoms with Crippen LogP contribution in [0.4, 0.5) is 0 Å². The van der Waals surface area contributed by atoms with E-state index >= 15 is 0 Å². The molecule has 25 heavy (non-hydrogen) atoms. The zero-order valence-electron chi connectivity index (χ0n) is 15.5. The summed E-state index contributed by atoms with van der Waals surface area (Å²) in [6.45, 7) is 5.04. The molecule has 6 heteroatoms. The van der Waals surface area contributed by atoms with E-state index in [-0.39, 0.29) is 36.8 Å². The Hall–Kier alpha value is -0.810.